The molecule has 0 spiro atoms. The van der Waals surface area contributed by atoms with Crippen LogP contribution in [-0.4, -0.2) is 10.2 Å². The fourth-order valence-electron chi connectivity index (χ4n) is 1.66. The Morgan fingerprint density at radius 1 is 0.824 bits per heavy atom. The Morgan fingerprint density at radius 2 is 1.41 bits per heavy atom. The van der Waals surface area contributed by atoms with E-state index in [4.69, 9.17) is 16.7 Å². The van der Waals surface area contributed by atoms with E-state index in [2.05, 4.69) is 0 Å². The molecule has 88 valence electrons. The summed E-state index contributed by atoms with van der Waals surface area (Å²) in [5, 5.41) is 18.8. The van der Waals surface area contributed by atoms with Gasteiger partial charge in [0.1, 0.15) is 11.5 Å². The van der Waals surface area contributed by atoms with E-state index in [0.29, 0.717) is 5.02 Å². The highest BCUT2D eigenvalue weighted by molar-refractivity contribution is 6.32. The molecule has 0 heterocycles. The summed E-state index contributed by atoms with van der Waals surface area (Å²) in [6.07, 6.45) is 1.73. The average molecular weight is 249 g/mol. The Labute approximate surface area is 105 Å². The van der Waals surface area contributed by atoms with E-state index in [1.165, 1.54) is 0 Å². The number of halogens is 1. The van der Waals surface area contributed by atoms with E-state index in [1.54, 1.807) is 24.3 Å². The molecule has 0 saturated carbocycles. The van der Waals surface area contributed by atoms with Gasteiger partial charge in [0.2, 0.25) is 0 Å². The van der Waals surface area contributed by atoms with Crippen LogP contribution in [0.4, 0.5) is 0 Å². The number of aryl methyl sites for hydroxylation is 2. The van der Waals surface area contributed by atoms with E-state index in [1.807, 2.05) is 18.2 Å². The van der Waals surface area contributed by atoms with Crippen molar-refractivity contribution in [1.29, 1.82) is 0 Å². The fraction of sp³-hybridized carbons (Fsp3) is 0.143. The highest BCUT2D eigenvalue weighted by Gasteiger charge is 2.01. The van der Waals surface area contributed by atoms with Gasteiger partial charge in [-0.15, -0.1) is 0 Å². The van der Waals surface area contributed by atoms with Gasteiger partial charge in [0, 0.05) is 0 Å². The molecule has 0 aromatic heterocycles. The zero-order chi connectivity index (χ0) is 12.3. The third kappa shape index (κ3) is 3.14. The van der Waals surface area contributed by atoms with Crippen LogP contribution in [-0.2, 0) is 12.8 Å². The molecular weight excluding hydrogens is 236 g/mol. The van der Waals surface area contributed by atoms with Crippen LogP contribution < -0.4 is 0 Å². The molecule has 0 bridgehead atoms. The minimum absolute atomic E-state index is 0.111. The molecule has 2 aromatic rings. The van der Waals surface area contributed by atoms with Crippen molar-refractivity contribution in [3.63, 3.8) is 0 Å². The number of hydrogen-bond donors (Lipinski definition) is 2. The van der Waals surface area contributed by atoms with Crippen molar-refractivity contribution in [2.75, 3.05) is 0 Å². The van der Waals surface area contributed by atoms with Crippen molar-refractivity contribution in [2.24, 2.45) is 0 Å². The van der Waals surface area contributed by atoms with Crippen LogP contribution in [0.1, 0.15) is 11.1 Å². The second kappa shape index (κ2) is 5.11. The third-order valence-corrected chi connectivity index (χ3v) is 2.95. The number of aromatic hydroxyl groups is 2. The monoisotopic (exact) mass is 248 g/mol. The van der Waals surface area contributed by atoms with Crippen molar-refractivity contribution in [2.45, 2.75) is 12.8 Å². The van der Waals surface area contributed by atoms with Crippen LogP contribution in [0, 0.1) is 0 Å². The van der Waals surface area contributed by atoms with E-state index >= 15 is 0 Å². The number of rotatable bonds is 3. The first kappa shape index (κ1) is 11.8. The molecule has 0 aliphatic heterocycles. The molecule has 17 heavy (non-hydrogen) atoms. The summed E-state index contributed by atoms with van der Waals surface area (Å²) in [6.45, 7) is 0. The van der Waals surface area contributed by atoms with Crippen LogP contribution >= 0.6 is 11.6 Å². The van der Waals surface area contributed by atoms with Crippen LogP contribution in [0.2, 0.25) is 5.02 Å². The molecule has 2 nitrogen and oxygen atoms in total. The molecule has 0 atom stereocenters. The Balaban J connectivity index is 2.02. The number of phenols is 2. The predicted molar refractivity (Wildman–Crippen MR) is 68.6 cm³/mol. The van der Waals surface area contributed by atoms with Gasteiger partial charge in [-0.05, 0) is 48.2 Å². The Hall–Kier alpha value is -1.67. The molecule has 0 amide bonds. The highest BCUT2D eigenvalue weighted by Crippen LogP contribution is 2.24. The van der Waals surface area contributed by atoms with Crippen molar-refractivity contribution < 1.29 is 10.2 Å². The van der Waals surface area contributed by atoms with Crippen LogP contribution in [0.5, 0.6) is 11.5 Å². The first-order valence-electron chi connectivity index (χ1n) is 5.40. The van der Waals surface area contributed by atoms with Gasteiger partial charge in [-0.3, -0.25) is 0 Å². The normalized spacial score (nSPS) is 10.4. The lowest BCUT2D eigenvalue weighted by molar-refractivity contribution is 0.474. The summed E-state index contributed by atoms with van der Waals surface area (Å²) >= 11 is 5.83. The fourth-order valence-corrected chi connectivity index (χ4v) is 1.86. The van der Waals surface area contributed by atoms with Gasteiger partial charge in [-0.25, -0.2) is 0 Å². The second-order valence-electron chi connectivity index (χ2n) is 3.95. The molecule has 2 N–H and O–H groups in total. The molecule has 0 radical (unpaired) electrons. The average Bonchev–Trinajstić information content (AvgIpc) is 2.33. The van der Waals surface area contributed by atoms with E-state index in [0.717, 1.165) is 24.0 Å². The van der Waals surface area contributed by atoms with E-state index < -0.39 is 0 Å². The molecule has 0 fully saturated rings. The SMILES string of the molecule is Oc1ccc(CCc2ccc(O)c(Cl)c2)cc1. The predicted octanol–water partition coefficient (Wildman–Crippen LogP) is 3.54. The third-order valence-electron chi connectivity index (χ3n) is 2.65. The molecule has 0 saturated heterocycles. The number of phenolic OH excluding ortho intramolecular Hbond substituents is 2. The zero-order valence-electron chi connectivity index (χ0n) is 9.23. The standard InChI is InChI=1S/C14H13ClO2/c15-13-9-11(5-8-14(13)17)2-1-10-3-6-12(16)7-4-10/h3-9,16-17H,1-2H2. The molecule has 0 unspecified atom stereocenters. The first-order chi connectivity index (χ1) is 8.15. The molecule has 2 rings (SSSR count). The summed E-state index contributed by atoms with van der Waals surface area (Å²) in [6, 6.07) is 12.4. The molecule has 0 aliphatic rings. The lowest BCUT2D eigenvalue weighted by Gasteiger charge is -2.04. The maximum absolute atomic E-state index is 9.30. The lowest BCUT2D eigenvalue weighted by Crippen LogP contribution is -1.91. The van der Waals surface area contributed by atoms with E-state index in [-0.39, 0.29) is 11.5 Å². The maximum Gasteiger partial charge on any atom is 0.134 e. The smallest absolute Gasteiger partial charge is 0.134 e. The van der Waals surface area contributed by atoms with Gasteiger partial charge in [0.25, 0.3) is 0 Å². The van der Waals surface area contributed by atoms with Gasteiger partial charge in [0.15, 0.2) is 0 Å². The summed E-state index contributed by atoms with van der Waals surface area (Å²) in [7, 11) is 0. The van der Waals surface area contributed by atoms with Gasteiger partial charge in [0.05, 0.1) is 5.02 Å². The van der Waals surface area contributed by atoms with Crippen molar-refractivity contribution in [3.05, 3.63) is 58.6 Å². The first-order valence-corrected chi connectivity index (χ1v) is 5.78. The summed E-state index contributed by atoms with van der Waals surface area (Å²) in [4.78, 5) is 0. The van der Waals surface area contributed by atoms with Crippen LogP contribution in [0.25, 0.3) is 0 Å². The molecule has 3 heteroatoms. The maximum atomic E-state index is 9.30. The Morgan fingerprint density at radius 3 is 2.06 bits per heavy atom. The Bertz CT molecular complexity index is 506. The van der Waals surface area contributed by atoms with Gasteiger partial charge in [-0.2, -0.15) is 0 Å². The minimum atomic E-state index is 0.111. The van der Waals surface area contributed by atoms with Crippen molar-refractivity contribution in [1.82, 2.24) is 0 Å². The van der Waals surface area contributed by atoms with E-state index in [9.17, 15) is 5.11 Å². The topological polar surface area (TPSA) is 40.5 Å². The molecular formula is C14H13ClO2. The lowest BCUT2D eigenvalue weighted by atomic mass is 10.0. The highest BCUT2D eigenvalue weighted by atomic mass is 35.5. The van der Waals surface area contributed by atoms with Crippen LogP contribution in [0.15, 0.2) is 42.5 Å². The van der Waals surface area contributed by atoms with Gasteiger partial charge in [-0.1, -0.05) is 29.8 Å². The molecule has 0 aliphatic carbocycles. The summed E-state index contributed by atoms with van der Waals surface area (Å²) in [5.41, 5.74) is 2.24. The summed E-state index contributed by atoms with van der Waals surface area (Å²) < 4.78 is 0. The zero-order valence-corrected chi connectivity index (χ0v) is 9.98. The number of benzene rings is 2. The Kier molecular flexibility index (Phi) is 3.55. The van der Waals surface area contributed by atoms with Gasteiger partial charge < -0.3 is 10.2 Å². The minimum Gasteiger partial charge on any atom is -0.508 e. The number of hydrogen-bond acceptors (Lipinski definition) is 2. The summed E-state index contributed by atoms with van der Waals surface area (Å²) in [5.74, 6) is 0.390. The van der Waals surface area contributed by atoms with Crippen molar-refractivity contribution >= 4 is 11.6 Å². The molecule has 2 aromatic carbocycles. The largest absolute Gasteiger partial charge is 0.508 e. The second-order valence-corrected chi connectivity index (χ2v) is 4.36. The quantitative estimate of drug-likeness (QED) is 0.872. The van der Waals surface area contributed by atoms with Gasteiger partial charge >= 0.3 is 0 Å². The van der Waals surface area contributed by atoms with Crippen LogP contribution in [0.3, 0.4) is 0 Å². The van der Waals surface area contributed by atoms with Crippen molar-refractivity contribution in [3.8, 4) is 11.5 Å².